The average molecular weight is 600 g/mol. The van der Waals surface area contributed by atoms with Crippen LogP contribution in [0.1, 0.15) is 23.5 Å². The molecule has 0 unspecified atom stereocenters. The van der Waals surface area contributed by atoms with Crippen molar-refractivity contribution in [3.8, 4) is 17.1 Å². The Labute approximate surface area is 228 Å². The summed E-state index contributed by atoms with van der Waals surface area (Å²) in [7, 11) is -2.00. The van der Waals surface area contributed by atoms with Crippen molar-refractivity contribution < 1.29 is 17.6 Å². The van der Waals surface area contributed by atoms with Gasteiger partial charge in [0.15, 0.2) is 5.11 Å². The molecule has 37 heavy (non-hydrogen) atoms. The number of pyridine rings is 1. The summed E-state index contributed by atoms with van der Waals surface area (Å²) in [5, 5.41) is 3.87. The number of nitrogens with one attached hydrogen (secondary N) is 2. The zero-order valence-corrected chi connectivity index (χ0v) is 23.1. The molecule has 2 aromatic heterocycles. The smallest absolute Gasteiger partial charge is 0.229 e. The van der Waals surface area contributed by atoms with E-state index in [2.05, 4.69) is 31.0 Å². The van der Waals surface area contributed by atoms with Crippen molar-refractivity contribution in [2.45, 2.75) is 12.1 Å². The molecule has 0 bridgehead atoms. The van der Waals surface area contributed by atoms with Gasteiger partial charge >= 0.3 is 0 Å². The van der Waals surface area contributed by atoms with Gasteiger partial charge in [0, 0.05) is 28.0 Å². The maximum atomic E-state index is 11.8. The molecule has 2 N–H and O–H groups in total. The highest BCUT2D eigenvalue weighted by Gasteiger charge is 2.42. The molecule has 0 spiro atoms. The fourth-order valence-corrected chi connectivity index (χ4v) is 5.50. The molecule has 0 saturated carbocycles. The molecule has 190 valence electrons. The Morgan fingerprint density at radius 3 is 2.57 bits per heavy atom. The van der Waals surface area contributed by atoms with Crippen LogP contribution < -0.4 is 19.7 Å². The summed E-state index contributed by atoms with van der Waals surface area (Å²) < 4.78 is 39.0. The number of rotatable bonds is 7. The zero-order valence-electron chi connectivity index (χ0n) is 19.9. The van der Waals surface area contributed by atoms with Gasteiger partial charge < -0.3 is 19.4 Å². The number of anilines is 2. The van der Waals surface area contributed by atoms with Crippen LogP contribution in [0.25, 0.3) is 11.3 Å². The van der Waals surface area contributed by atoms with E-state index < -0.39 is 10.0 Å². The van der Waals surface area contributed by atoms with Crippen molar-refractivity contribution in [1.29, 1.82) is 0 Å². The number of ether oxygens (including phenoxy) is 1. The number of aromatic nitrogens is 1. The van der Waals surface area contributed by atoms with Crippen LogP contribution in [0.5, 0.6) is 5.75 Å². The second kappa shape index (κ2) is 10.2. The van der Waals surface area contributed by atoms with Crippen molar-refractivity contribution >= 4 is 54.7 Å². The number of sulfonamides is 1. The molecular formula is C26H23BrN4O4S2. The Morgan fingerprint density at radius 2 is 1.89 bits per heavy atom. The summed E-state index contributed by atoms with van der Waals surface area (Å²) in [5.74, 6) is 1.78. The van der Waals surface area contributed by atoms with Gasteiger partial charge in [0.25, 0.3) is 0 Å². The largest absolute Gasteiger partial charge is 0.494 e. The Morgan fingerprint density at radius 1 is 1.11 bits per heavy atom. The molecule has 1 aliphatic heterocycles. The third-order valence-electron chi connectivity index (χ3n) is 5.90. The van der Waals surface area contributed by atoms with Crippen LogP contribution in [-0.2, 0) is 10.0 Å². The van der Waals surface area contributed by atoms with Crippen LogP contribution in [0.4, 0.5) is 11.4 Å². The predicted octanol–water partition coefficient (Wildman–Crippen LogP) is 5.66. The van der Waals surface area contributed by atoms with E-state index in [1.54, 1.807) is 24.4 Å². The molecule has 4 aromatic rings. The van der Waals surface area contributed by atoms with Crippen molar-refractivity contribution in [2.24, 2.45) is 0 Å². The summed E-state index contributed by atoms with van der Waals surface area (Å²) >= 11 is 9.25. The summed E-state index contributed by atoms with van der Waals surface area (Å²) in [5.41, 5.74) is 2.79. The first-order valence-corrected chi connectivity index (χ1v) is 14.3. The minimum absolute atomic E-state index is 0.294. The highest BCUT2D eigenvalue weighted by Crippen LogP contribution is 2.44. The van der Waals surface area contributed by atoms with Crippen LogP contribution >= 0.6 is 28.1 Å². The SMILES string of the molecule is COc1cc(N2C(=S)N[C@H](c3ccccn3)[C@H]2c2ccc(-c3ccc(Br)cc3)o2)ccc1NS(C)(=O)=O. The number of hydrogen-bond acceptors (Lipinski definition) is 6. The molecule has 1 saturated heterocycles. The second-order valence-electron chi connectivity index (χ2n) is 8.46. The lowest BCUT2D eigenvalue weighted by atomic mass is 10.0. The van der Waals surface area contributed by atoms with E-state index in [1.807, 2.05) is 59.5 Å². The Balaban J connectivity index is 1.59. The molecule has 0 radical (unpaired) electrons. The molecule has 2 atom stereocenters. The summed E-state index contributed by atoms with van der Waals surface area (Å²) in [6.07, 6.45) is 2.83. The van der Waals surface area contributed by atoms with E-state index >= 15 is 0 Å². The minimum Gasteiger partial charge on any atom is -0.494 e. The lowest BCUT2D eigenvalue weighted by molar-refractivity contribution is 0.416. The topological polar surface area (TPSA) is 96.7 Å². The highest BCUT2D eigenvalue weighted by atomic mass is 79.9. The lowest BCUT2D eigenvalue weighted by Gasteiger charge is -2.26. The van der Waals surface area contributed by atoms with Gasteiger partial charge in [-0.15, -0.1) is 0 Å². The van der Waals surface area contributed by atoms with Crippen molar-refractivity contribution in [2.75, 3.05) is 23.0 Å². The third kappa shape index (κ3) is 5.34. The highest BCUT2D eigenvalue weighted by molar-refractivity contribution is 9.10. The van der Waals surface area contributed by atoms with Crippen LogP contribution in [-0.4, -0.2) is 31.9 Å². The molecular weight excluding hydrogens is 576 g/mol. The van der Waals surface area contributed by atoms with Crippen LogP contribution in [0, 0.1) is 0 Å². The fraction of sp³-hybridized carbons (Fsp3) is 0.154. The number of thiocarbonyl (C=S) groups is 1. The predicted molar refractivity (Wildman–Crippen MR) is 151 cm³/mol. The summed E-state index contributed by atoms with van der Waals surface area (Å²) in [6.45, 7) is 0. The van der Waals surface area contributed by atoms with Gasteiger partial charge in [-0.05, 0) is 60.7 Å². The zero-order chi connectivity index (χ0) is 26.2. The minimum atomic E-state index is -3.49. The number of hydrogen-bond donors (Lipinski definition) is 2. The van der Waals surface area contributed by atoms with Gasteiger partial charge in [-0.3, -0.25) is 9.71 Å². The van der Waals surface area contributed by atoms with E-state index in [-0.39, 0.29) is 12.1 Å². The van der Waals surface area contributed by atoms with E-state index in [0.29, 0.717) is 28.0 Å². The summed E-state index contributed by atoms with van der Waals surface area (Å²) in [4.78, 5) is 6.50. The van der Waals surface area contributed by atoms with Gasteiger partial charge in [0.2, 0.25) is 10.0 Å². The molecule has 3 heterocycles. The Kier molecular flexibility index (Phi) is 6.93. The van der Waals surface area contributed by atoms with Crippen LogP contribution in [0.15, 0.2) is 87.9 Å². The number of halogens is 1. The maximum Gasteiger partial charge on any atom is 0.229 e. The molecule has 1 aliphatic rings. The number of furan rings is 1. The van der Waals surface area contributed by atoms with Crippen molar-refractivity contribution in [1.82, 2.24) is 10.3 Å². The van der Waals surface area contributed by atoms with Gasteiger partial charge in [-0.1, -0.05) is 34.1 Å². The summed E-state index contributed by atoms with van der Waals surface area (Å²) in [6, 6.07) is 22.0. The molecule has 2 aromatic carbocycles. The molecule has 0 amide bonds. The Bertz CT molecular complexity index is 1540. The number of nitrogens with zero attached hydrogens (tertiary/aromatic N) is 2. The first-order valence-electron chi connectivity index (χ1n) is 11.3. The normalized spacial score (nSPS) is 17.5. The quantitative estimate of drug-likeness (QED) is 0.263. The van der Waals surface area contributed by atoms with Crippen LogP contribution in [0.3, 0.4) is 0 Å². The average Bonchev–Trinajstić information content (AvgIpc) is 3.49. The lowest BCUT2D eigenvalue weighted by Crippen LogP contribution is -2.29. The Hall–Kier alpha value is -3.41. The first kappa shape index (κ1) is 25.2. The van der Waals surface area contributed by atoms with E-state index in [1.165, 1.54) is 7.11 Å². The van der Waals surface area contributed by atoms with Gasteiger partial charge in [0.05, 0.1) is 30.8 Å². The van der Waals surface area contributed by atoms with E-state index in [0.717, 1.165) is 27.7 Å². The standard InChI is InChI=1S/C26H23BrN4O4S2/c1-34-23-15-18(10-11-19(23)30-37(2,32)33)31-25(24(29-26(31)36)20-5-3-4-14-28-20)22-13-12-21(35-22)16-6-8-17(27)9-7-16/h3-15,24-25,30H,1-2H3,(H,29,36)/t24-,25-/m1/s1. The molecule has 11 heteroatoms. The third-order valence-corrected chi connectivity index (χ3v) is 7.34. The van der Waals surface area contributed by atoms with E-state index in [9.17, 15) is 8.42 Å². The first-order chi connectivity index (χ1) is 17.7. The van der Waals surface area contributed by atoms with Crippen molar-refractivity contribution in [3.05, 3.63) is 94.9 Å². The molecule has 0 aliphatic carbocycles. The van der Waals surface area contributed by atoms with E-state index in [4.69, 9.17) is 21.4 Å². The molecule has 8 nitrogen and oxygen atoms in total. The maximum absolute atomic E-state index is 11.8. The monoisotopic (exact) mass is 598 g/mol. The number of methoxy groups -OCH3 is 1. The number of benzene rings is 2. The van der Waals surface area contributed by atoms with Gasteiger partial charge in [0.1, 0.15) is 23.3 Å². The second-order valence-corrected chi connectivity index (χ2v) is 11.5. The fourth-order valence-electron chi connectivity index (χ4n) is 4.32. The van der Waals surface area contributed by atoms with Crippen molar-refractivity contribution in [3.63, 3.8) is 0 Å². The molecule has 5 rings (SSSR count). The van der Waals surface area contributed by atoms with Crippen LogP contribution in [0.2, 0.25) is 0 Å². The van der Waals surface area contributed by atoms with Gasteiger partial charge in [-0.25, -0.2) is 8.42 Å². The molecule has 1 fully saturated rings. The van der Waals surface area contributed by atoms with Gasteiger partial charge in [-0.2, -0.15) is 0 Å².